The highest BCUT2D eigenvalue weighted by atomic mass is 16.3. The Morgan fingerprint density at radius 2 is 1.86 bits per heavy atom. The molecule has 156 valence electrons. The van der Waals surface area contributed by atoms with Crippen LogP contribution in [-0.4, -0.2) is 11.2 Å². The van der Waals surface area contributed by atoms with Gasteiger partial charge in [0, 0.05) is 0 Å². The van der Waals surface area contributed by atoms with Gasteiger partial charge in [-0.15, -0.1) is 0 Å². The van der Waals surface area contributed by atoms with Crippen molar-refractivity contribution in [3.05, 3.63) is 22.8 Å². The monoisotopic (exact) mass is 382 g/mol. The summed E-state index contributed by atoms with van der Waals surface area (Å²) in [7, 11) is 0. The Kier molecular flexibility index (Phi) is 4.85. The van der Waals surface area contributed by atoms with E-state index in [1.54, 1.807) is 5.57 Å². The van der Waals surface area contributed by atoms with Gasteiger partial charge in [-0.1, -0.05) is 43.6 Å². The third-order valence-electron chi connectivity index (χ3n) is 10.3. The minimum Gasteiger partial charge on any atom is -0.393 e. The normalized spacial score (nSPS) is 45.9. The predicted molar refractivity (Wildman–Crippen MR) is 117 cm³/mol. The molecule has 0 bridgehead atoms. The largest absolute Gasteiger partial charge is 0.393 e. The fourth-order valence-electron chi connectivity index (χ4n) is 8.44. The number of rotatable bonds is 4. The van der Waals surface area contributed by atoms with Gasteiger partial charge < -0.3 is 5.11 Å². The average molecular weight is 383 g/mol. The maximum Gasteiger partial charge on any atom is 0.0543 e. The molecule has 0 radical (unpaired) electrons. The van der Waals surface area contributed by atoms with Crippen molar-refractivity contribution in [3.8, 4) is 0 Å². The van der Waals surface area contributed by atoms with Crippen LogP contribution in [0.2, 0.25) is 0 Å². The molecule has 5 rings (SSSR count). The molecule has 3 saturated carbocycles. The van der Waals surface area contributed by atoms with Gasteiger partial charge in [0.15, 0.2) is 0 Å². The van der Waals surface area contributed by atoms with Crippen molar-refractivity contribution in [2.45, 2.75) is 110 Å². The fraction of sp³-hybridized carbons (Fsp3) is 0.852. The first-order valence-corrected chi connectivity index (χ1v) is 12.5. The lowest BCUT2D eigenvalue weighted by molar-refractivity contribution is 0.0133. The molecule has 0 spiro atoms. The smallest absolute Gasteiger partial charge is 0.0543 e. The van der Waals surface area contributed by atoms with Gasteiger partial charge in [-0.2, -0.15) is 0 Å². The molecule has 0 unspecified atom stereocenters. The Balaban J connectivity index is 1.36. The van der Waals surface area contributed by atoms with Gasteiger partial charge in [-0.3, -0.25) is 0 Å². The van der Waals surface area contributed by atoms with Crippen molar-refractivity contribution < 1.29 is 5.11 Å². The zero-order valence-corrected chi connectivity index (χ0v) is 18.6. The molecule has 1 nitrogen and oxygen atoms in total. The van der Waals surface area contributed by atoms with Gasteiger partial charge in [0.1, 0.15) is 0 Å². The van der Waals surface area contributed by atoms with Crippen LogP contribution in [0.15, 0.2) is 22.8 Å². The maximum atomic E-state index is 10.2. The fourth-order valence-corrected chi connectivity index (χ4v) is 8.44. The molecule has 0 aromatic carbocycles. The lowest BCUT2D eigenvalue weighted by Gasteiger charge is -2.55. The number of fused-ring (bicyclic) bond motifs is 4. The minimum atomic E-state index is -0.0311. The van der Waals surface area contributed by atoms with Crippen LogP contribution in [0.5, 0.6) is 0 Å². The minimum absolute atomic E-state index is 0.0311. The van der Waals surface area contributed by atoms with Crippen molar-refractivity contribution in [3.63, 3.8) is 0 Å². The number of aliphatic hydroxyl groups is 1. The first-order valence-electron chi connectivity index (χ1n) is 12.5. The summed E-state index contributed by atoms with van der Waals surface area (Å²) in [6.07, 6.45) is 19.7. The van der Waals surface area contributed by atoms with Crippen molar-refractivity contribution in [1.29, 1.82) is 0 Å². The van der Waals surface area contributed by atoms with Crippen molar-refractivity contribution in [2.24, 2.45) is 34.5 Å². The Hall–Kier alpha value is -0.560. The van der Waals surface area contributed by atoms with E-state index in [-0.39, 0.29) is 6.10 Å². The molecule has 0 amide bonds. The van der Waals surface area contributed by atoms with E-state index in [1.807, 2.05) is 11.1 Å². The highest BCUT2D eigenvalue weighted by Crippen LogP contribution is 2.66. The number of hydrogen-bond donors (Lipinski definition) is 1. The molecule has 7 atom stereocenters. The molecule has 0 aliphatic heterocycles. The van der Waals surface area contributed by atoms with E-state index in [4.69, 9.17) is 0 Å². The standard InChI is InChI=1S/C27H42O/c1-18(5-4-6-19-7-8-19)23-11-12-24-22-10-9-20-17-21(28)13-15-26(20,2)25(22)14-16-27(23,24)3/h6,18,20-21,23-24,28H,4-5,7-17H2,1-3H3/t18-,20+,21+,23-,24+,26+,27-/m1/s1. The number of aliphatic hydroxyl groups excluding tert-OH is 1. The average Bonchev–Trinajstić information content (AvgIpc) is 3.41. The molecule has 0 heterocycles. The third kappa shape index (κ3) is 3.06. The van der Waals surface area contributed by atoms with E-state index in [0.717, 1.165) is 36.5 Å². The molecular weight excluding hydrogens is 340 g/mol. The SMILES string of the molecule is C[C@H](CCC=C1CC1)[C@H]1CC[C@H]2C3=C(CC[C@]12C)[C@@]1(C)CC[C@H](O)C[C@@H]1CC3. The van der Waals surface area contributed by atoms with Crippen LogP contribution in [0.1, 0.15) is 104 Å². The summed E-state index contributed by atoms with van der Waals surface area (Å²) in [5.74, 6) is 3.42. The molecule has 0 aromatic heterocycles. The summed E-state index contributed by atoms with van der Waals surface area (Å²) >= 11 is 0. The van der Waals surface area contributed by atoms with E-state index in [0.29, 0.717) is 10.8 Å². The molecule has 5 aliphatic rings. The molecular formula is C27H42O. The zero-order chi connectivity index (χ0) is 19.5. The second kappa shape index (κ2) is 7.00. The first-order chi connectivity index (χ1) is 13.4. The highest BCUT2D eigenvalue weighted by molar-refractivity contribution is 5.34. The second-order valence-electron chi connectivity index (χ2n) is 11.7. The summed E-state index contributed by atoms with van der Waals surface area (Å²) in [4.78, 5) is 0. The molecule has 0 saturated heterocycles. The lowest BCUT2D eigenvalue weighted by Crippen LogP contribution is -2.45. The molecule has 1 heteroatoms. The number of hydrogen-bond acceptors (Lipinski definition) is 1. The van der Waals surface area contributed by atoms with Crippen molar-refractivity contribution >= 4 is 0 Å². The van der Waals surface area contributed by atoms with Gasteiger partial charge in [-0.05, 0) is 118 Å². The zero-order valence-electron chi connectivity index (χ0n) is 18.6. The van der Waals surface area contributed by atoms with Gasteiger partial charge >= 0.3 is 0 Å². The Bertz CT molecular complexity index is 680. The molecule has 28 heavy (non-hydrogen) atoms. The quantitative estimate of drug-likeness (QED) is 0.509. The summed E-state index contributed by atoms with van der Waals surface area (Å²) < 4.78 is 0. The summed E-state index contributed by atoms with van der Waals surface area (Å²) in [6.45, 7) is 7.81. The van der Waals surface area contributed by atoms with Crippen LogP contribution >= 0.6 is 0 Å². The van der Waals surface area contributed by atoms with Crippen molar-refractivity contribution in [1.82, 2.24) is 0 Å². The summed E-state index contributed by atoms with van der Waals surface area (Å²) in [5.41, 5.74) is 6.48. The first kappa shape index (κ1) is 19.4. The van der Waals surface area contributed by atoms with E-state index in [9.17, 15) is 5.11 Å². The van der Waals surface area contributed by atoms with E-state index in [1.165, 1.54) is 70.6 Å². The van der Waals surface area contributed by atoms with Gasteiger partial charge in [-0.25, -0.2) is 0 Å². The predicted octanol–water partition coefficient (Wildman–Crippen LogP) is 7.21. The van der Waals surface area contributed by atoms with E-state index < -0.39 is 0 Å². The second-order valence-corrected chi connectivity index (χ2v) is 11.7. The van der Waals surface area contributed by atoms with Gasteiger partial charge in [0.25, 0.3) is 0 Å². The van der Waals surface area contributed by atoms with Crippen LogP contribution in [0.3, 0.4) is 0 Å². The van der Waals surface area contributed by atoms with Crippen LogP contribution < -0.4 is 0 Å². The molecule has 5 aliphatic carbocycles. The summed E-state index contributed by atoms with van der Waals surface area (Å²) in [6, 6.07) is 0. The Morgan fingerprint density at radius 1 is 1.04 bits per heavy atom. The van der Waals surface area contributed by atoms with Crippen LogP contribution in [0, 0.1) is 34.5 Å². The topological polar surface area (TPSA) is 20.2 Å². The lowest BCUT2D eigenvalue weighted by atomic mass is 9.50. The van der Waals surface area contributed by atoms with Crippen molar-refractivity contribution in [2.75, 3.05) is 0 Å². The van der Waals surface area contributed by atoms with Gasteiger partial charge in [0.05, 0.1) is 6.10 Å². The van der Waals surface area contributed by atoms with E-state index >= 15 is 0 Å². The Labute approximate surface area is 173 Å². The molecule has 0 aromatic rings. The molecule has 3 fully saturated rings. The van der Waals surface area contributed by atoms with Crippen LogP contribution in [0.4, 0.5) is 0 Å². The van der Waals surface area contributed by atoms with Crippen LogP contribution in [0.25, 0.3) is 0 Å². The highest BCUT2D eigenvalue weighted by Gasteiger charge is 2.55. The van der Waals surface area contributed by atoms with Crippen LogP contribution in [-0.2, 0) is 0 Å². The van der Waals surface area contributed by atoms with Gasteiger partial charge in [0.2, 0.25) is 0 Å². The molecule has 1 N–H and O–H groups in total. The van der Waals surface area contributed by atoms with E-state index in [2.05, 4.69) is 26.8 Å². The summed E-state index contributed by atoms with van der Waals surface area (Å²) in [5, 5.41) is 10.2. The third-order valence-corrected chi connectivity index (χ3v) is 10.3. The Morgan fingerprint density at radius 3 is 2.64 bits per heavy atom. The number of allylic oxidation sites excluding steroid dienone is 4. The maximum absolute atomic E-state index is 10.2.